The van der Waals surface area contributed by atoms with E-state index in [1.165, 1.54) is 95.5 Å². The van der Waals surface area contributed by atoms with Gasteiger partial charge >= 0.3 is 0 Å². The number of rotatable bonds is 5. The van der Waals surface area contributed by atoms with Crippen molar-refractivity contribution in [3.63, 3.8) is 0 Å². The summed E-state index contributed by atoms with van der Waals surface area (Å²) in [5, 5.41) is 10.2. The highest BCUT2D eigenvalue weighted by Crippen LogP contribution is 2.51. The molecule has 0 aliphatic rings. The van der Waals surface area contributed by atoms with E-state index in [4.69, 9.17) is 0 Å². The predicted molar refractivity (Wildman–Crippen MR) is 233 cm³/mol. The summed E-state index contributed by atoms with van der Waals surface area (Å²) in [6.45, 7) is 0. The quantitative estimate of drug-likeness (QED) is 0.161. The molecule has 248 valence electrons. The molecule has 0 N–H and O–H groups in total. The lowest BCUT2D eigenvalue weighted by Gasteiger charge is -2.28. The van der Waals surface area contributed by atoms with Crippen LogP contribution >= 0.6 is 22.7 Å². The minimum absolute atomic E-state index is 1.15. The van der Waals surface area contributed by atoms with E-state index in [1.54, 1.807) is 0 Å². The zero-order valence-corrected chi connectivity index (χ0v) is 30.3. The molecule has 3 heteroatoms. The molecule has 0 saturated heterocycles. The Morgan fingerprint density at radius 2 is 0.943 bits per heavy atom. The molecule has 2 heterocycles. The van der Waals surface area contributed by atoms with Crippen molar-refractivity contribution in [2.45, 2.75) is 0 Å². The highest BCUT2D eigenvalue weighted by molar-refractivity contribution is 7.26. The third-order valence-electron chi connectivity index (χ3n) is 10.7. The first kappa shape index (κ1) is 30.4. The molecule has 0 aliphatic carbocycles. The van der Waals surface area contributed by atoms with Crippen molar-refractivity contribution in [2.75, 3.05) is 4.90 Å². The largest absolute Gasteiger partial charge is 0.309 e. The Morgan fingerprint density at radius 1 is 0.340 bits per heavy atom. The lowest BCUT2D eigenvalue weighted by atomic mass is 9.97. The van der Waals surface area contributed by atoms with Crippen molar-refractivity contribution in [3.8, 4) is 22.3 Å². The topological polar surface area (TPSA) is 3.24 Å². The molecule has 0 atom stereocenters. The molecule has 0 spiro atoms. The minimum Gasteiger partial charge on any atom is -0.309 e. The Hall–Kier alpha value is -6.26. The third-order valence-corrected chi connectivity index (χ3v) is 13.0. The zero-order valence-electron chi connectivity index (χ0n) is 28.7. The fourth-order valence-electron chi connectivity index (χ4n) is 8.19. The van der Waals surface area contributed by atoms with Gasteiger partial charge in [0.1, 0.15) is 0 Å². The van der Waals surface area contributed by atoms with Gasteiger partial charge in [0.25, 0.3) is 0 Å². The van der Waals surface area contributed by atoms with Crippen LogP contribution in [0.2, 0.25) is 0 Å². The summed E-state index contributed by atoms with van der Waals surface area (Å²) in [6.07, 6.45) is 0. The second-order valence-corrected chi connectivity index (χ2v) is 15.8. The Morgan fingerprint density at radius 3 is 1.77 bits per heavy atom. The van der Waals surface area contributed by atoms with Crippen molar-refractivity contribution >= 4 is 102 Å². The first-order valence-electron chi connectivity index (χ1n) is 18.0. The summed E-state index contributed by atoms with van der Waals surface area (Å²) in [5.74, 6) is 0. The van der Waals surface area contributed by atoms with E-state index in [-0.39, 0.29) is 0 Å². The van der Waals surface area contributed by atoms with Crippen LogP contribution in [0.1, 0.15) is 0 Å². The molecule has 0 radical (unpaired) electrons. The molecule has 53 heavy (non-hydrogen) atoms. The fourth-order valence-corrected chi connectivity index (χ4v) is 10.6. The van der Waals surface area contributed by atoms with E-state index in [0.717, 1.165) is 5.69 Å². The lowest BCUT2D eigenvalue weighted by molar-refractivity contribution is 1.33. The molecule has 0 fully saturated rings. The molecular formula is C50H31NS2. The molecule has 0 bridgehead atoms. The van der Waals surface area contributed by atoms with Crippen LogP contribution in [0.15, 0.2) is 188 Å². The number of hydrogen-bond acceptors (Lipinski definition) is 3. The third kappa shape index (κ3) is 4.89. The Kier molecular flexibility index (Phi) is 6.97. The monoisotopic (exact) mass is 709 g/mol. The highest BCUT2D eigenvalue weighted by atomic mass is 32.1. The van der Waals surface area contributed by atoms with E-state index in [9.17, 15) is 0 Å². The first-order valence-corrected chi connectivity index (χ1v) is 19.6. The Labute approximate surface area is 315 Å². The van der Waals surface area contributed by atoms with Crippen molar-refractivity contribution in [2.24, 2.45) is 0 Å². The SMILES string of the molecule is c1ccc(-c2ccc(-c3ccc(N(c4ccc5c(ccc6ccccc65)c4)c4cccc5sc6ccccc6c45)c4c3sc3ccccc34)cc2)cc1. The predicted octanol–water partition coefficient (Wildman–Crippen LogP) is 15.5. The van der Waals surface area contributed by atoms with Gasteiger partial charge in [-0.05, 0) is 86.3 Å². The second kappa shape index (κ2) is 12.2. The first-order chi connectivity index (χ1) is 26.3. The van der Waals surface area contributed by atoms with Gasteiger partial charge < -0.3 is 4.90 Å². The standard InChI is InChI=1S/C50H31NS2/c1-2-11-32(12-3-1)33-21-23-35(24-22-33)40-29-30-44(49-42-16-7-9-19-46(42)53-50(40)49)51(43-17-10-20-47-48(43)41-15-6-8-18-45(41)52-47)37-27-28-39-36(31-37)26-25-34-13-4-5-14-38(34)39/h1-31H. The van der Waals surface area contributed by atoms with Gasteiger partial charge in [0.2, 0.25) is 0 Å². The minimum atomic E-state index is 1.15. The van der Waals surface area contributed by atoms with Gasteiger partial charge in [0.15, 0.2) is 0 Å². The van der Waals surface area contributed by atoms with Gasteiger partial charge in [-0.3, -0.25) is 0 Å². The summed E-state index contributed by atoms with van der Waals surface area (Å²) in [4.78, 5) is 2.53. The number of benzene rings is 9. The summed E-state index contributed by atoms with van der Waals surface area (Å²) < 4.78 is 5.19. The summed E-state index contributed by atoms with van der Waals surface area (Å²) in [7, 11) is 0. The normalized spacial score (nSPS) is 11.8. The number of thiophene rings is 2. The van der Waals surface area contributed by atoms with Crippen molar-refractivity contribution in [1.82, 2.24) is 0 Å². The van der Waals surface area contributed by atoms with Crippen LogP contribution in [0.5, 0.6) is 0 Å². The van der Waals surface area contributed by atoms with Crippen LogP contribution in [-0.2, 0) is 0 Å². The van der Waals surface area contributed by atoms with E-state index in [1.807, 2.05) is 22.7 Å². The molecule has 0 unspecified atom stereocenters. The molecule has 2 aromatic heterocycles. The second-order valence-electron chi connectivity index (χ2n) is 13.7. The highest BCUT2D eigenvalue weighted by Gasteiger charge is 2.24. The molecular weight excluding hydrogens is 679 g/mol. The number of anilines is 3. The number of hydrogen-bond donors (Lipinski definition) is 0. The van der Waals surface area contributed by atoms with Gasteiger partial charge in [-0.2, -0.15) is 0 Å². The van der Waals surface area contributed by atoms with Gasteiger partial charge in [0, 0.05) is 46.0 Å². The van der Waals surface area contributed by atoms with Crippen molar-refractivity contribution in [3.05, 3.63) is 188 Å². The van der Waals surface area contributed by atoms with Crippen LogP contribution in [0.3, 0.4) is 0 Å². The van der Waals surface area contributed by atoms with Gasteiger partial charge in [-0.15, -0.1) is 22.7 Å². The maximum Gasteiger partial charge on any atom is 0.0555 e. The van der Waals surface area contributed by atoms with Gasteiger partial charge in [-0.25, -0.2) is 0 Å². The summed E-state index contributed by atoms with van der Waals surface area (Å²) in [6, 6.07) is 69.2. The molecule has 0 saturated carbocycles. The summed E-state index contributed by atoms with van der Waals surface area (Å²) in [5.41, 5.74) is 8.46. The maximum atomic E-state index is 2.53. The van der Waals surface area contributed by atoms with Crippen LogP contribution in [-0.4, -0.2) is 0 Å². The van der Waals surface area contributed by atoms with Crippen molar-refractivity contribution in [1.29, 1.82) is 0 Å². The fraction of sp³-hybridized carbons (Fsp3) is 0. The van der Waals surface area contributed by atoms with E-state index >= 15 is 0 Å². The maximum absolute atomic E-state index is 2.53. The molecule has 0 amide bonds. The van der Waals surface area contributed by atoms with Gasteiger partial charge in [0.05, 0.1) is 11.4 Å². The average Bonchev–Trinajstić information content (AvgIpc) is 3.81. The molecule has 9 aromatic carbocycles. The Bertz CT molecular complexity index is 3170. The number of nitrogens with zero attached hydrogens (tertiary/aromatic N) is 1. The van der Waals surface area contributed by atoms with E-state index < -0.39 is 0 Å². The molecule has 1 nitrogen and oxygen atoms in total. The average molecular weight is 710 g/mol. The summed E-state index contributed by atoms with van der Waals surface area (Å²) >= 11 is 3.76. The van der Waals surface area contributed by atoms with E-state index in [2.05, 4.69) is 193 Å². The van der Waals surface area contributed by atoms with E-state index in [0.29, 0.717) is 0 Å². The van der Waals surface area contributed by atoms with Crippen LogP contribution < -0.4 is 4.90 Å². The molecule has 11 aromatic rings. The Balaban J connectivity index is 1.19. The van der Waals surface area contributed by atoms with Crippen LogP contribution in [0.25, 0.3) is 84.1 Å². The van der Waals surface area contributed by atoms with Gasteiger partial charge in [-0.1, -0.05) is 146 Å². The smallest absolute Gasteiger partial charge is 0.0555 e. The lowest BCUT2D eigenvalue weighted by Crippen LogP contribution is -2.11. The molecule has 11 rings (SSSR count). The van der Waals surface area contributed by atoms with Crippen LogP contribution in [0.4, 0.5) is 17.1 Å². The van der Waals surface area contributed by atoms with Crippen LogP contribution in [0, 0.1) is 0 Å². The zero-order chi connectivity index (χ0) is 34.9. The van der Waals surface area contributed by atoms with Crippen molar-refractivity contribution < 1.29 is 0 Å². The number of fused-ring (bicyclic) bond motifs is 9. The molecule has 0 aliphatic heterocycles.